The van der Waals surface area contributed by atoms with Crippen molar-refractivity contribution in [2.45, 2.75) is 44.7 Å². The Hall–Kier alpha value is -0.820. The van der Waals surface area contributed by atoms with E-state index in [1.807, 2.05) is 11.8 Å². The average molecular weight is 460 g/mol. The molecule has 0 saturated heterocycles. The number of halogens is 2. The molecule has 0 saturated carbocycles. The minimum absolute atomic E-state index is 0. The molecule has 2 atom stereocenters. The molecule has 1 aromatic carbocycles. The molecule has 1 N–H and O–H groups in total. The molecule has 0 aromatic heterocycles. The normalized spacial score (nSPS) is 22.5. The first-order chi connectivity index (χ1) is 12.8. The highest BCUT2D eigenvalue weighted by Crippen LogP contribution is 2.34. The fourth-order valence-corrected chi connectivity index (χ4v) is 5.51. The number of nitrogens with one attached hydrogen (secondary N) is 1. The van der Waals surface area contributed by atoms with Crippen LogP contribution in [0.4, 0.5) is 0 Å². The lowest BCUT2D eigenvalue weighted by Gasteiger charge is -2.18. The Labute approximate surface area is 188 Å². The van der Waals surface area contributed by atoms with Crippen molar-refractivity contribution >= 4 is 58.7 Å². The molecule has 0 aliphatic carbocycles. The Bertz CT molecular complexity index is 724. The number of nitrogens with zero attached hydrogens (tertiary/aromatic N) is 3. The first-order valence-electron chi connectivity index (χ1n) is 9.50. The lowest BCUT2D eigenvalue weighted by molar-refractivity contribution is 0.512. The van der Waals surface area contributed by atoms with Crippen LogP contribution >= 0.6 is 48.3 Å². The minimum atomic E-state index is 0. The summed E-state index contributed by atoms with van der Waals surface area (Å²) >= 11 is 3.60. The van der Waals surface area contributed by atoms with Crippen LogP contribution in [0.15, 0.2) is 51.4 Å². The molecule has 1 aromatic rings. The Morgan fingerprint density at radius 2 is 2.07 bits per heavy atom. The summed E-state index contributed by atoms with van der Waals surface area (Å²) in [6.45, 7) is 4.18. The highest BCUT2D eigenvalue weighted by molar-refractivity contribution is 8.17. The molecule has 0 radical (unpaired) electrons. The Morgan fingerprint density at radius 3 is 2.86 bits per heavy atom. The number of thioether (sulfide) groups is 2. The van der Waals surface area contributed by atoms with Gasteiger partial charge in [0, 0.05) is 24.0 Å². The molecule has 0 amide bonds. The zero-order chi connectivity index (χ0) is 17.8. The summed E-state index contributed by atoms with van der Waals surface area (Å²) in [5.41, 5.74) is 2.74. The predicted molar refractivity (Wildman–Crippen MR) is 129 cm³/mol. The van der Waals surface area contributed by atoms with Crippen LogP contribution in [0.1, 0.15) is 31.7 Å². The zero-order valence-electron chi connectivity index (χ0n) is 16.0. The minimum Gasteiger partial charge on any atom is -0.360 e. The van der Waals surface area contributed by atoms with Crippen LogP contribution in [-0.2, 0) is 6.42 Å². The third-order valence-electron chi connectivity index (χ3n) is 4.92. The van der Waals surface area contributed by atoms with Gasteiger partial charge >= 0.3 is 0 Å². The van der Waals surface area contributed by atoms with Gasteiger partial charge in [0.05, 0.1) is 12.6 Å². The topological polar surface area (TPSA) is 40.0 Å². The Balaban J connectivity index is 0.00000140. The predicted octanol–water partition coefficient (Wildman–Crippen LogP) is 4.95. The van der Waals surface area contributed by atoms with Gasteiger partial charge in [-0.3, -0.25) is 9.98 Å². The number of benzene rings is 1. The summed E-state index contributed by atoms with van der Waals surface area (Å²) in [5, 5.41) is 8.12. The van der Waals surface area contributed by atoms with Crippen molar-refractivity contribution in [3.05, 3.63) is 47.0 Å². The van der Waals surface area contributed by atoms with Crippen molar-refractivity contribution in [2.75, 3.05) is 18.8 Å². The third-order valence-corrected chi connectivity index (χ3v) is 6.81. The molecule has 3 heterocycles. The van der Waals surface area contributed by atoms with Gasteiger partial charge in [0.25, 0.3) is 0 Å². The van der Waals surface area contributed by atoms with Crippen molar-refractivity contribution in [3.63, 3.8) is 0 Å². The second-order valence-corrected chi connectivity index (χ2v) is 8.81. The average Bonchev–Trinajstić information content (AvgIpc) is 3.35. The Morgan fingerprint density at radius 1 is 1.25 bits per heavy atom. The Kier molecular flexibility index (Phi) is 9.54. The number of hydrogen-bond acceptors (Lipinski definition) is 6. The first-order valence-corrected chi connectivity index (χ1v) is 11.4. The second-order valence-electron chi connectivity index (χ2n) is 7.01. The van der Waals surface area contributed by atoms with E-state index >= 15 is 0 Å². The van der Waals surface area contributed by atoms with Crippen LogP contribution in [0.2, 0.25) is 0 Å². The van der Waals surface area contributed by atoms with Crippen LogP contribution in [0, 0.1) is 0 Å². The molecule has 0 bridgehead atoms. The number of unbranched alkanes of at least 4 members (excludes halogenated alkanes) is 1. The van der Waals surface area contributed by atoms with E-state index in [1.54, 1.807) is 11.8 Å². The van der Waals surface area contributed by atoms with Crippen LogP contribution in [0.3, 0.4) is 0 Å². The van der Waals surface area contributed by atoms with Gasteiger partial charge in [-0.05, 0) is 23.8 Å². The monoisotopic (exact) mass is 458 g/mol. The number of fused-ring (bicyclic) bond motifs is 1. The van der Waals surface area contributed by atoms with Crippen LogP contribution in [-0.4, -0.2) is 46.2 Å². The van der Waals surface area contributed by atoms with E-state index in [1.165, 1.54) is 35.7 Å². The summed E-state index contributed by atoms with van der Waals surface area (Å²) in [4.78, 5) is 12.0. The first kappa shape index (κ1) is 23.5. The lowest BCUT2D eigenvalue weighted by Crippen LogP contribution is -2.29. The number of aliphatic imine (C=N–C) groups is 2. The molecule has 3 aliphatic rings. The summed E-state index contributed by atoms with van der Waals surface area (Å²) < 4.78 is 0. The quantitative estimate of drug-likeness (QED) is 0.626. The van der Waals surface area contributed by atoms with Crippen LogP contribution in [0.25, 0.3) is 0 Å². The van der Waals surface area contributed by atoms with Gasteiger partial charge in [0.1, 0.15) is 0 Å². The van der Waals surface area contributed by atoms with Gasteiger partial charge in [-0.2, -0.15) is 0 Å². The van der Waals surface area contributed by atoms with Gasteiger partial charge in [0.15, 0.2) is 10.3 Å². The van der Waals surface area contributed by atoms with E-state index in [-0.39, 0.29) is 24.8 Å². The molecule has 0 spiro atoms. The maximum absolute atomic E-state index is 4.92. The van der Waals surface area contributed by atoms with Crippen molar-refractivity contribution in [2.24, 2.45) is 9.98 Å². The SMILES string of the molecule is CCCCC1CN=C(SCC2=CSC3=NC(Cc4ccccc4)CN23)N1.Cl.Cl. The number of hydrogen-bond donors (Lipinski definition) is 1. The summed E-state index contributed by atoms with van der Waals surface area (Å²) in [6.07, 6.45) is 4.79. The number of amidine groups is 2. The van der Waals surface area contributed by atoms with Gasteiger partial charge in [-0.15, -0.1) is 24.8 Å². The van der Waals surface area contributed by atoms with Crippen molar-refractivity contribution in [1.82, 2.24) is 10.2 Å². The van der Waals surface area contributed by atoms with Crippen LogP contribution < -0.4 is 5.32 Å². The van der Waals surface area contributed by atoms with E-state index in [2.05, 4.69) is 57.9 Å². The summed E-state index contributed by atoms with van der Waals surface area (Å²) in [7, 11) is 0. The molecular weight excluding hydrogens is 431 g/mol. The van der Waals surface area contributed by atoms with Crippen molar-refractivity contribution in [1.29, 1.82) is 0 Å². The van der Waals surface area contributed by atoms with Crippen molar-refractivity contribution < 1.29 is 0 Å². The largest absolute Gasteiger partial charge is 0.360 e. The molecular formula is C20H28Cl2N4S2. The standard InChI is InChI=1S/C20H26N4S2.2ClH/c1-2-3-9-16-11-21-19(22-16)25-13-18-14-26-20-23-17(12-24(18)20)10-15-7-5-4-6-8-15;;/h4-8,14,16-17H,2-3,9-13H2,1H3,(H,21,22);2*1H. The second kappa shape index (κ2) is 11.4. The molecule has 4 nitrogen and oxygen atoms in total. The third kappa shape index (κ3) is 5.85. The van der Waals surface area contributed by atoms with E-state index in [0.717, 1.165) is 30.4 Å². The molecule has 2 unspecified atom stereocenters. The van der Waals surface area contributed by atoms with E-state index < -0.39 is 0 Å². The van der Waals surface area contributed by atoms with Crippen LogP contribution in [0.5, 0.6) is 0 Å². The fourth-order valence-electron chi connectivity index (χ4n) is 3.48. The molecule has 28 heavy (non-hydrogen) atoms. The molecule has 3 aliphatic heterocycles. The van der Waals surface area contributed by atoms with Gasteiger partial charge in [0.2, 0.25) is 0 Å². The van der Waals surface area contributed by atoms with Crippen molar-refractivity contribution in [3.8, 4) is 0 Å². The van der Waals surface area contributed by atoms with E-state index in [9.17, 15) is 0 Å². The number of rotatable bonds is 7. The maximum atomic E-state index is 4.92. The highest BCUT2D eigenvalue weighted by Gasteiger charge is 2.32. The smallest absolute Gasteiger partial charge is 0.168 e. The lowest BCUT2D eigenvalue weighted by atomic mass is 10.1. The molecule has 154 valence electrons. The molecule has 8 heteroatoms. The maximum Gasteiger partial charge on any atom is 0.168 e. The van der Waals surface area contributed by atoms with Gasteiger partial charge in [-0.1, -0.05) is 73.6 Å². The van der Waals surface area contributed by atoms with E-state index in [0.29, 0.717) is 12.1 Å². The summed E-state index contributed by atoms with van der Waals surface area (Å²) in [5.74, 6) is 0.969. The fraction of sp³-hybridized carbons (Fsp3) is 0.500. The summed E-state index contributed by atoms with van der Waals surface area (Å²) in [6, 6.07) is 11.6. The van der Waals surface area contributed by atoms with Gasteiger partial charge < -0.3 is 10.2 Å². The van der Waals surface area contributed by atoms with E-state index in [4.69, 9.17) is 4.99 Å². The molecule has 4 rings (SSSR count). The zero-order valence-corrected chi connectivity index (χ0v) is 19.3. The van der Waals surface area contributed by atoms with Gasteiger partial charge in [-0.25, -0.2) is 0 Å². The molecule has 0 fully saturated rings. The highest BCUT2D eigenvalue weighted by atomic mass is 35.5.